The van der Waals surface area contributed by atoms with Gasteiger partial charge in [0.05, 0.1) is 6.04 Å². The lowest BCUT2D eigenvalue weighted by Crippen LogP contribution is -2.39. The lowest BCUT2D eigenvalue weighted by molar-refractivity contribution is 0.141. The van der Waals surface area contributed by atoms with E-state index in [1.54, 1.807) is 6.20 Å². The molecule has 4 nitrogen and oxygen atoms in total. The highest BCUT2D eigenvalue weighted by Crippen LogP contribution is 2.32. The first-order valence-electron chi connectivity index (χ1n) is 8.71. The van der Waals surface area contributed by atoms with Crippen molar-refractivity contribution in [3.05, 3.63) is 91.1 Å². The van der Waals surface area contributed by atoms with Gasteiger partial charge in [0.25, 0.3) is 0 Å². The second-order valence-electron chi connectivity index (χ2n) is 6.47. The number of benzene rings is 1. The Kier molecular flexibility index (Phi) is 4.44. The van der Waals surface area contributed by atoms with Crippen LogP contribution in [0.4, 0.5) is 0 Å². The van der Waals surface area contributed by atoms with Crippen LogP contribution in [0.5, 0.6) is 0 Å². The van der Waals surface area contributed by atoms with E-state index in [1.807, 2.05) is 22.9 Å². The molecule has 2 aromatic heterocycles. The number of rotatable bonds is 5. The molecule has 25 heavy (non-hydrogen) atoms. The highest BCUT2D eigenvalue weighted by Gasteiger charge is 2.27. The standard InChI is InChI=1S/C21H22N4/c1-2-7-19-10-6-11-20(18-8-4-3-5-9-18)25(19)16-17-14-23-21-22-12-13-24(21)15-17/h2-6,8-9,11-15,19-20H,1,7,10,16H2/t19-,20+/m1/s1. The van der Waals surface area contributed by atoms with Crippen LogP contribution in [0.25, 0.3) is 5.78 Å². The molecule has 0 radical (unpaired) electrons. The fraction of sp³-hybridized carbons (Fsp3) is 0.238. The number of hydrogen-bond acceptors (Lipinski definition) is 3. The summed E-state index contributed by atoms with van der Waals surface area (Å²) in [5, 5.41) is 0. The Balaban J connectivity index is 1.67. The Morgan fingerprint density at radius 2 is 2.08 bits per heavy atom. The molecule has 3 aromatic rings. The maximum absolute atomic E-state index is 4.46. The molecule has 1 aliphatic rings. The molecule has 1 aromatic carbocycles. The summed E-state index contributed by atoms with van der Waals surface area (Å²) in [5.74, 6) is 0.740. The van der Waals surface area contributed by atoms with Gasteiger partial charge in [0.15, 0.2) is 0 Å². The van der Waals surface area contributed by atoms with Gasteiger partial charge in [-0.2, -0.15) is 0 Å². The van der Waals surface area contributed by atoms with E-state index in [2.05, 4.69) is 70.1 Å². The van der Waals surface area contributed by atoms with Crippen molar-refractivity contribution in [3.8, 4) is 0 Å². The first-order chi connectivity index (χ1) is 12.3. The molecule has 0 bridgehead atoms. The number of nitrogens with zero attached hydrogens (tertiary/aromatic N) is 4. The maximum Gasteiger partial charge on any atom is 0.233 e. The Morgan fingerprint density at radius 1 is 1.20 bits per heavy atom. The third kappa shape index (κ3) is 3.26. The SMILES string of the molecule is C=CC[C@@H]1CC=C[C@@H](c2ccccc2)N1Cc1cnc2nccn2c1. The molecule has 0 N–H and O–H groups in total. The van der Waals surface area contributed by atoms with Crippen LogP contribution in [-0.2, 0) is 6.54 Å². The lowest BCUT2D eigenvalue weighted by atomic mass is 9.94. The van der Waals surface area contributed by atoms with Crippen LogP contribution >= 0.6 is 0 Å². The van der Waals surface area contributed by atoms with Crippen LogP contribution in [0.3, 0.4) is 0 Å². The lowest BCUT2D eigenvalue weighted by Gasteiger charge is -2.39. The molecular weight excluding hydrogens is 308 g/mol. The van der Waals surface area contributed by atoms with Crippen LogP contribution in [0.15, 0.2) is 79.9 Å². The van der Waals surface area contributed by atoms with Crippen molar-refractivity contribution in [2.24, 2.45) is 0 Å². The second-order valence-corrected chi connectivity index (χ2v) is 6.47. The van der Waals surface area contributed by atoms with E-state index in [-0.39, 0.29) is 6.04 Å². The van der Waals surface area contributed by atoms with E-state index in [9.17, 15) is 0 Å². The highest BCUT2D eigenvalue weighted by molar-refractivity contribution is 5.30. The molecule has 0 saturated carbocycles. The fourth-order valence-corrected chi connectivity index (χ4v) is 3.59. The van der Waals surface area contributed by atoms with Gasteiger partial charge in [0, 0.05) is 42.9 Å². The first-order valence-corrected chi connectivity index (χ1v) is 8.71. The van der Waals surface area contributed by atoms with Crippen molar-refractivity contribution in [2.75, 3.05) is 0 Å². The molecule has 0 fully saturated rings. The minimum absolute atomic E-state index is 0.276. The van der Waals surface area contributed by atoms with Crippen molar-refractivity contribution in [1.82, 2.24) is 19.3 Å². The van der Waals surface area contributed by atoms with Gasteiger partial charge in [-0.15, -0.1) is 6.58 Å². The molecular formula is C21H22N4. The summed E-state index contributed by atoms with van der Waals surface area (Å²) in [6.07, 6.45) is 16.5. The summed E-state index contributed by atoms with van der Waals surface area (Å²) in [6, 6.07) is 11.4. The smallest absolute Gasteiger partial charge is 0.233 e. The van der Waals surface area contributed by atoms with Gasteiger partial charge < -0.3 is 0 Å². The van der Waals surface area contributed by atoms with Crippen molar-refractivity contribution in [1.29, 1.82) is 0 Å². The van der Waals surface area contributed by atoms with Crippen molar-refractivity contribution in [2.45, 2.75) is 31.5 Å². The van der Waals surface area contributed by atoms with Gasteiger partial charge in [-0.05, 0) is 18.4 Å². The van der Waals surface area contributed by atoms with Crippen LogP contribution in [0.2, 0.25) is 0 Å². The summed E-state index contributed by atoms with van der Waals surface area (Å²) in [7, 11) is 0. The van der Waals surface area contributed by atoms with Crippen LogP contribution in [0.1, 0.15) is 30.0 Å². The van der Waals surface area contributed by atoms with E-state index in [0.717, 1.165) is 25.2 Å². The third-order valence-electron chi connectivity index (χ3n) is 4.80. The Hall–Kier alpha value is -2.72. The third-order valence-corrected chi connectivity index (χ3v) is 4.80. The average Bonchev–Trinajstić information content (AvgIpc) is 3.12. The summed E-state index contributed by atoms with van der Waals surface area (Å²) in [5.41, 5.74) is 2.51. The first kappa shape index (κ1) is 15.8. The molecule has 0 unspecified atom stereocenters. The number of imidazole rings is 1. The zero-order chi connectivity index (χ0) is 17.1. The second kappa shape index (κ2) is 7.03. The van der Waals surface area contributed by atoms with Gasteiger partial charge in [0.2, 0.25) is 5.78 Å². The van der Waals surface area contributed by atoms with Crippen molar-refractivity contribution in [3.63, 3.8) is 0 Å². The van der Waals surface area contributed by atoms with Gasteiger partial charge >= 0.3 is 0 Å². The minimum Gasteiger partial charge on any atom is -0.291 e. The van der Waals surface area contributed by atoms with Gasteiger partial charge in [-0.1, -0.05) is 48.6 Å². The molecule has 126 valence electrons. The van der Waals surface area contributed by atoms with Gasteiger partial charge in [0.1, 0.15) is 0 Å². The molecule has 0 amide bonds. The Bertz CT molecular complexity index is 881. The van der Waals surface area contributed by atoms with E-state index in [1.165, 1.54) is 11.1 Å². The zero-order valence-electron chi connectivity index (χ0n) is 14.2. The quantitative estimate of drug-likeness (QED) is 0.658. The van der Waals surface area contributed by atoms with Gasteiger partial charge in [-0.25, -0.2) is 9.97 Å². The molecule has 0 saturated heterocycles. The maximum atomic E-state index is 4.46. The average molecular weight is 330 g/mol. The van der Waals surface area contributed by atoms with E-state index in [4.69, 9.17) is 0 Å². The predicted octanol–water partition coefficient (Wildman–Crippen LogP) is 4.18. The number of aromatic nitrogens is 3. The topological polar surface area (TPSA) is 33.4 Å². The van der Waals surface area contributed by atoms with E-state index in [0.29, 0.717) is 6.04 Å². The van der Waals surface area contributed by atoms with Crippen LogP contribution in [-0.4, -0.2) is 25.3 Å². The number of hydrogen-bond donors (Lipinski definition) is 0. The van der Waals surface area contributed by atoms with Crippen molar-refractivity contribution < 1.29 is 0 Å². The van der Waals surface area contributed by atoms with Crippen LogP contribution in [0, 0.1) is 0 Å². The predicted molar refractivity (Wildman–Crippen MR) is 100 cm³/mol. The largest absolute Gasteiger partial charge is 0.291 e. The fourth-order valence-electron chi connectivity index (χ4n) is 3.59. The highest BCUT2D eigenvalue weighted by atomic mass is 15.2. The molecule has 3 heterocycles. The summed E-state index contributed by atoms with van der Waals surface area (Å²) < 4.78 is 1.98. The summed E-state index contributed by atoms with van der Waals surface area (Å²) >= 11 is 0. The normalized spacial score (nSPS) is 20.8. The van der Waals surface area contributed by atoms with E-state index < -0.39 is 0 Å². The molecule has 0 aliphatic carbocycles. The molecule has 2 atom stereocenters. The van der Waals surface area contributed by atoms with Crippen LogP contribution < -0.4 is 0 Å². The Morgan fingerprint density at radius 3 is 2.92 bits per heavy atom. The minimum atomic E-state index is 0.276. The van der Waals surface area contributed by atoms with Gasteiger partial charge in [-0.3, -0.25) is 9.30 Å². The number of fused-ring (bicyclic) bond motifs is 1. The molecule has 0 spiro atoms. The Labute approximate surface area is 148 Å². The summed E-state index contributed by atoms with van der Waals surface area (Å²) in [4.78, 5) is 11.2. The molecule has 1 aliphatic heterocycles. The monoisotopic (exact) mass is 330 g/mol. The molecule has 4 heteroatoms. The van der Waals surface area contributed by atoms with Crippen molar-refractivity contribution >= 4 is 5.78 Å². The van der Waals surface area contributed by atoms with E-state index >= 15 is 0 Å². The summed E-state index contributed by atoms with van der Waals surface area (Å²) in [6.45, 7) is 4.80. The zero-order valence-corrected chi connectivity index (χ0v) is 14.2. The molecule has 4 rings (SSSR count).